The van der Waals surface area contributed by atoms with Crippen molar-refractivity contribution in [2.45, 2.75) is 0 Å². The number of rotatable bonds is 8. The highest BCUT2D eigenvalue weighted by atomic mass is 15.0. The van der Waals surface area contributed by atoms with Crippen molar-refractivity contribution < 1.29 is 0 Å². The predicted octanol–water partition coefficient (Wildman–Crippen LogP) is 25.3. The highest BCUT2D eigenvalue weighted by Crippen LogP contribution is 2.45. The highest BCUT2D eigenvalue weighted by molar-refractivity contribution is 6.22. The first-order valence-electron chi connectivity index (χ1n) is 35.1. The van der Waals surface area contributed by atoms with Gasteiger partial charge in [0.05, 0.1) is 66.2 Å². The third-order valence-electron chi connectivity index (χ3n) is 21.2. The summed E-state index contributed by atoms with van der Waals surface area (Å²) in [5.74, 6) is 0. The minimum atomic E-state index is 1.15. The van der Waals surface area contributed by atoms with Crippen molar-refractivity contribution in [2.75, 3.05) is 0 Å². The maximum atomic E-state index is 2.46. The molecule has 6 nitrogen and oxygen atoms in total. The van der Waals surface area contributed by atoms with Gasteiger partial charge in [0.1, 0.15) is 0 Å². The molecule has 0 saturated heterocycles. The second kappa shape index (κ2) is 23.0. The molecule has 6 aromatic heterocycles. The van der Waals surface area contributed by atoms with Gasteiger partial charge in [-0.15, -0.1) is 0 Å². The van der Waals surface area contributed by atoms with Gasteiger partial charge in [-0.25, -0.2) is 0 Å². The van der Waals surface area contributed by atoms with Gasteiger partial charge in [-0.1, -0.05) is 231 Å². The van der Waals surface area contributed by atoms with Crippen molar-refractivity contribution in [3.63, 3.8) is 0 Å². The van der Waals surface area contributed by atoms with Gasteiger partial charge in [0, 0.05) is 98.8 Å². The van der Waals surface area contributed by atoms with Crippen molar-refractivity contribution in [3.8, 4) is 56.4 Å². The third-order valence-corrected chi connectivity index (χ3v) is 21.2. The van der Waals surface area contributed by atoms with E-state index in [0.29, 0.717) is 0 Å². The Balaban J connectivity index is 0.000000133. The molecular formula is C96H62N6. The summed E-state index contributed by atoms with van der Waals surface area (Å²) >= 11 is 0. The second-order valence-corrected chi connectivity index (χ2v) is 26.8. The molecule has 0 aliphatic carbocycles. The van der Waals surface area contributed by atoms with Gasteiger partial charge in [-0.05, 0) is 168 Å². The number of aromatic nitrogens is 6. The molecule has 16 aromatic carbocycles. The Morgan fingerprint density at radius 3 is 0.686 bits per heavy atom. The van der Waals surface area contributed by atoms with Crippen LogP contribution in [0.25, 0.3) is 187 Å². The topological polar surface area (TPSA) is 29.6 Å². The molecule has 0 aliphatic heterocycles. The minimum absolute atomic E-state index is 1.15. The van der Waals surface area contributed by atoms with Gasteiger partial charge < -0.3 is 27.4 Å². The maximum Gasteiger partial charge on any atom is 0.0548 e. The smallest absolute Gasteiger partial charge is 0.0548 e. The van der Waals surface area contributed by atoms with E-state index in [2.05, 4.69) is 404 Å². The molecular weight excluding hydrogens is 1240 g/mol. The molecule has 0 aliphatic rings. The van der Waals surface area contributed by atoms with Crippen LogP contribution in [0.4, 0.5) is 0 Å². The zero-order valence-electron chi connectivity index (χ0n) is 55.5. The average Bonchev–Trinajstić information content (AvgIpc) is 1.56. The molecule has 6 heteroatoms. The molecule has 0 bridgehead atoms. The van der Waals surface area contributed by atoms with Crippen molar-refractivity contribution in [2.24, 2.45) is 0 Å². The minimum Gasteiger partial charge on any atom is -0.309 e. The molecule has 0 N–H and O–H groups in total. The normalized spacial score (nSPS) is 11.9. The van der Waals surface area contributed by atoms with Crippen LogP contribution in [-0.4, -0.2) is 27.4 Å². The van der Waals surface area contributed by atoms with Crippen molar-refractivity contribution in [3.05, 3.63) is 376 Å². The zero-order chi connectivity index (χ0) is 66.9. The van der Waals surface area contributed by atoms with Gasteiger partial charge in [0.25, 0.3) is 0 Å². The van der Waals surface area contributed by atoms with Crippen LogP contribution in [0.1, 0.15) is 0 Å². The molecule has 0 radical (unpaired) electrons. The first-order chi connectivity index (χ1) is 50.6. The predicted molar refractivity (Wildman–Crippen MR) is 430 cm³/mol. The SMILES string of the molecule is c1ccc(-c2ccc(-n3c4ccccc4c4cc(-n5c6ccccc6c6cc7c(cc65)c5ccccc5n7-c5ccccc5)ccc43)cc2)cc1.c1ccc(-c2cccc(-n3c4ccccc4c4cc(-n5c6ccccc6c6cc7c(cc65)c5ccccc5n7-c5ccccc5)ccc43)c2)cc1. The molecule has 0 unspecified atom stereocenters. The largest absolute Gasteiger partial charge is 0.309 e. The summed E-state index contributed by atoms with van der Waals surface area (Å²) in [5, 5.41) is 15.0. The molecule has 0 spiro atoms. The Kier molecular flexibility index (Phi) is 12.9. The van der Waals surface area contributed by atoms with Gasteiger partial charge >= 0.3 is 0 Å². The summed E-state index contributed by atoms with van der Waals surface area (Å²) in [6.07, 6.45) is 0. The van der Waals surface area contributed by atoms with E-state index in [9.17, 15) is 0 Å². The van der Waals surface area contributed by atoms with Gasteiger partial charge in [0.15, 0.2) is 0 Å². The van der Waals surface area contributed by atoms with E-state index in [4.69, 9.17) is 0 Å². The van der Waals surface area contributed by atoms with E-state index in [0.717, 1.165) is 22.7 Å². The molecule has 102 heavy (non-hydrogen) atoms. The summed E-state index contributed by atoms with van der Waals surface area (Å²) in [4.78, 5) is 0. The molecule has 0 atom stereocenters. The molecule has 22 aromatic rings. The van der Waals surface area contributed by atoms with E-state index in [-0.39, 0.29) is 0 Å². The van der Waals surface area contributed by atoms with Crippen molar-refractivity contribution in [1.29, 1.82) is 0 Å². The van der Waals surface area contributed by atoms with E-state index < -0.39 is 0 Å². The number of fused-ring (bicyclic) bond motifs is 18. The molecule has 0 fully saturated rings. The lowest BCUT2D eigenvalue weighted by Crippen LogP contribution is -1.96. The molecule has 0 saturated carbocycles. The monoisotopic (exact) mass is 1300 g/mol. The zero-order valence-corrected chi connectivity index (χ0v) is 55.5. The molecule has 6 heterocycles. The van der Waals surface area contributed by atoms with Gasteiger partial charge in [0.2, 0.25) is 0 Å². The Hall–Kier alpha value is -13.7. The fourth-order valence-electron chi connectivity index (χ4n) is 16.8. The molecule has 0 amide bonds. The average molecular weight is 1300 g/mol. The lowest BCUT2D eigenvalue weighted by Gasteiger charge is -2.12. The summed E-state index contributed by atoms with van der Waals surface area (Å²) in [6.45, 7) is 0. The Labute approximate surface area is 587 Å². The Morgan fingerprint density at radius 2 is 0.324 bits per heavy atom. The first-order valence-corrected chi connectivity index (χ1v) is 35.1. The number of para-hydroxylation sites is 8. The first kappa shape index (κ1) is 57.4. The number of nitrogens with zero attached hydrogens (tertiary/aromatic N) is 6. The fourth-order valence-corrected chi connectivity index (χ4v) is 16.8. The van der Waals surface area contributed by atoms with Crippen molar-refractivity contribution in [1.82, 2.24) is 27.4 Å². The summed E-state index contributed by atoms with van der Waals surface area (Å²) in [5.41, 5.74) is 26.3. The Bertz CT molecular complexity index is 7080. The highest BCUT2D eigenvalue weighted by Gasteiger charge is 2.23. The van der Waals surface area contributed by atoms with Gasteiger partial charge in [-0.2, -0.15) is 0 Å². The molecule has 22 rings (SSSR count). The second-order valence-electron chi connectivity index (χ2n) is 26.8. The van der Waals surface area contributed by atoms with Crippen LogP contribution in [0, 0.1) is 0 Å². The van der Waals surface area contributed by atoms with Crippen LogP contribution >= 0.6 is 0 Å². The quantitative estimate of drug-likeness (QED) is 0.145. The number of benzene rings is 16. The lowest BCUT2D eigenvalue weighted by molar-refractivity contribution is 1.16. The van der Waals surface area contributed by atoms with Crippen LogP contribution in [0.15, 0.2) is 376 Å². The van der Waals surface area contributed by atoms with Gasteiger partial charge in [-0.3, -0.25) is 0 Å². The van der Waals surface area contributed by atoms with Crippen LogP contribution in [0.5, 0.6) is 0 Å². The van der Waals surface area contributed by atoms with E-state index in [1.54, 1.807) is 0 Å². The summed E-state index contributed by atoms with van der Waals surface area (Å²) in [6, 6.07) is 137. The maximum absolute atomic E-state index is 2.46. The van der Waals surface area contributed by atoms with Crippen LogP contribution in [-0.2, 0) is 0 Å². The third kappa shape index (κ3) is 8.86. The summed E-state index contributed by atoms with van der Waals surface area (Å²) in [7, 11) is 0. The lowest BCUT2D eigenvalue weighted by atomic mass is 10.1. The van der Waals surface area contributed by atoms with E-state index in [1.807, 2.05) is 0 Å². The van der Waals surface area contributed by atoms with Crippen LogP contribution in [0.2, 0.25) is 0 Å². The van der Waals surface area contributed by atoms with Crippen LogP contribution < -0.4 is 0 Å². The number of hydrogen-bond acceptors (Lipinski definition) is 0. The van der Waals surface area contributed by atoms with E-state index >= 15 is 0 Å². The fraction of sp³-hybridized carbons (Fsp3) is 0. The van der Waals surface area contributed by atoms with Crippen molar-refractivity contribution >= 4 is 131 Å². The number of hydrogen-bond donors (Lipinski definition) is 0. The molecule has 476 valence electrons. The van der Waals surface area contributed by atoms with E-state index in [1.165, 1.54) is 164 Å². The standard InChI is InChI=1S/2C48H31N3/c1-3-14-32(15-4-1)33-16-13-19-35(28-33)50-44-24-11-7-20-37(44)40-29-36(26-27-46(40)50)51-45-25-12-9-22-39(45)42-30-47-41(31-48(42)51)38-21-8-10-23-43(38)49(47)34-17-5-2-6-18-34;1-3-13-32(14-4-1)33-23-25-35(26-24-33)49-43-20-10-7-17-37(43)40-29-36(27-28-46(40)49)51-45-22-12-9-19-39(45)42-30-47-41(31-48(42)51)38-18-8-11-21-44(38)50(47)34-15-5-2-6-16-34/h2*1-31H. The Morgan fingerprint density at radius 1 is 0.108 bits per heavy atom. The van der Waals surface area contributed by atoms with Crippen LogP contribution in [0.3, 0.4) is 0 Å². The summed E-state index contributed by atoms with van der Waals surface area (Å²) < 4.78 is 14.5.